The smallest absolute Gasteiger partial charge is 0.164 e. The van der Waals surface area contributed by atoms with Gasteiger partial charge in [-0.2, -0.15) is 0 Å². The van der Waals surface area contributed by atoms with E-state index in [0.717, 1.165) is 25.2 Å². The number of aromatic nitrogens is 2. The molecule has 0 spiro atoms. The molecule has 20 heavy (non-hydrogen) atoms. The Morgan fingerprint density at radius 1 is 1.30 bits per heavy atom. The molecule has 1 atom stereocenters. The van der Waals surface area contributed by atoms with Crippen molar-refractivity contribution in [2.24, 2.45) is 0 Å². The zero-order valence-corrected chi connectivity index (χ0v) is 13.5. The van der Waals surface area contributed by atoms with Crippen molar-refractivity contribution >= 4 is 33.3 Å². The average molecular weight is 353 g/mol. The fourth-order valence-corrected chi connectivity index (χ4v) is 2.98. The first-order valence-electron chi connectivity index (χ1n) is 6.66. The largest absolute Gasteiger partial charge is 0.348 e. The van der Waals surface area contributed by atoms with Crippen LogP contribution in [0.25, 0.3) is 0 Å². The molecule has 1 aliphatic heterocycles. The van der Waals surface area contributed by atoms with E-state index in [0.29, 0.717) is 15.8 Å². The van der Waals surface area contributed by atoms with Crippen LogP contribution in [0.5, 0.6) is 0 Å². The van der Waals surface area contributed by atoms with Gasteiger partial charge in [0.15, 0.2) is 5.15 Å². The third kappa shape index (κ3) is 2.67. The van der Waals surface area contributed by atoms with Gasteiger partial charge in [0.05, 0.1) is 12.2 Å². The Kier molecular flexibility index (Phi) is 3.94. The van der Waals surface area contributed by atoms with Gasteiger partial charge < -0.3 is 4.90 Å². The Hall–Kier alpha value is -1.13. The number of nitrogens with zero attached hydrogens (tertiary/aromatic N) is 3. The summed E-state index contributed by atoms with van der Waals surface area (Å²) >= 11 is 9.34. The van der Waals surface area contributed by atoms with E-state index in [4.69, 9.17) is 11.6 Å². The van der Waals surface area contributed by atoms with E-state index in [1.54, 1.807) is 6.20 Å². The molecule has 0 amide bonds. The fourth-order valence-electron chi connectivity index (χ4n) is 2.66. The zero-order chi connectivity index (χ0) is 14.1. The summed E-state index contributed by atoms with van der Waals surface area (Å²) < 4.78 is 0.592. The van der Waals surface area contributed by atoms with Gasteiger partial charge in [-0.15, -0.1) is 0 Å². The maximum atomic E-state index is 6.06. The van der Waals surface area contributed by atoms with E-state index in [1.807, 2.05) is 0 Å². The van der Waals surface area contributed by atoms with E-state index < -0.39 is 0 Å². The van der Waals surface area contributed by atoms with Gasteiger partial charge >= 0.3 is 0 Å². The minimum absolute atomic E-state index is 0.363. The van der Waals surface area contributed by atoms with Gasteiger partial charge in [0.25, 0.3) is 0 Å². The van der Waals surface area contributed by atoms with Crippen LogP contribution in [0, 0.1) is 6.92 Å². The first-order valence-corrected chi connectivity index (χ1v) is 7.83. The third-order valence-electron chi connectivity index (χ3n) is 3.69. The summed E-state index contributed by atoms with van der Waals surface area (Å²) in [5.74, 6) is 0.848. The summed E-state index contributed by atoms with van der Waals surface area (Å²) in [6.07, 6.45) is 4.08. The van der Waals surface area contributed by atoms with E-state index in [1.165, 1.54) is 11.1 Å². The van der Waals surface area contributed by atoms with Crippen molar-refractivity contribution in [3.8, 4) is 0 Å². The molecule has 2 aromatic rings. The predicted molar refractivity (Wildman–Crippen MR) is 85.2 cm³/mol. The van der Waals surface area contributed by atoms with Crippen molar-refractivity contribution in [2.45, 2.75) is 25.8 Å². The van der Waals surface area contributed by atoms with Gasteiger partial charge in [-0.1, -0.05) is 41.4 Å². The maximum Gasteiger partial charge on any atom is 0.164 e. The second-order valence-corrected chi connectivity index (χ2v) is 6.18. The van der Waals surface area contributed by atoms with Crippen molar-refractivity contribution in [1.82, 2.24) is 9.97 Å². The molecule has 0 bridgehead atoms. The lowest BCUT2D eigenvalue weighted by Crippen LogP contribution is -2.23. The van der Waals surface area contributed by atoms with Crippen LogP contribution in [0.1, 0.15) is 30.0 Å². The molecule has 2 heterocycles. The number of aryl methyl sites for hydroxylation is 1. The highest BCUT2D eigenvalue weighted by atomic mass is 79.9. The van der Waals surface area contributed by atoms with Gasteiger partial charge in [-0.05, 0) is 41.3 Å². The number of anilines is 1. The molecular formula is C15H15BrClN3. The van der Waals surface area contributed by atoms with Crippen molar-refractivity contribution in [2.75, 3.05) is 11.4 Å². The highest BCUT2D eigenvalue weighted by Crippen LogP contribution is 2.35. The van der Waals surface area contributed by atoms with Crippen LogP contribution < -0.4 is 4.90 Å². The number of hydrogen-bond acceptors (Lipinski definition) is 3. The van der Waals surface area contributed by atoms with Crippen LogP contribution in [0.3, 0.4) is 0 Å². The molecule has 104 valence electrons. The van der Waals surface area contributed by atoms with Crippen molar-refractivity contribution < 1.29 is 0 Å². The van der Waals surface area contributed by atoms with Gasteiger partial charge in [-0.25, -0.2) is 9.97 Å². The minimum Gasteiger partial charge on any atom is -0.348 e. The quantitative estimate of drug-likeness (QED) is 0.794. The molecule has 3 nitrogen and oxygen atoms in total. The molecule has 3 rings (SSSR count). The summed E-state index contributed by atoms with van der Waals surface area (Å²) in [6.45, 7) is 3.10. The summed E-state index contributed by atoms with van der Waals surface area (Å²) in [5.41, 5.74) is 2.61. The van der Waals surface area contributed by atoms with Gasteiger partial charge in [0.2, 0.25) is 0 Å². The molecule has 1 aromatic carbocycles. The SMILES string of the molecule is Cc1ccc([C@@H]2CCCN2c2cnc(Br)c(Cl)n2)cc1. The van der Waals surface area contributed by atoms with Gasteiger partial charge in [0.1, 0.15) is 10.4 Å². The van der Waals surface area contributed by atoms with Crippen LogP contribution in [0.4, 0.5) is 5.82 Å². The molecule has 1 saturated heterocycles. The molecule has 1 aliphatic rings. The lowest BCUT2D eigenvalue weighted by atomic mass is 10.0. The molecule has 0 unspecified atom stereocenters. The Balaban J connectivity index is 1.92. The maximum absolute atomic E-state index is 6.06. The molecular weight excluding hydrogens is 338 g/mol. The first kappa shape index (κ1) is 13.8. The second-order valence-electron chi connectivity index (χ2n) is 5.07. The van der Waals surface area contributed by atoms with Crippen molar-refractivity contribution in [3.63, 3.8) is 0 Å². The average Bonchev–Trinajstić information content (AvgIpc) is 2.92. The molecule has 0 N–H and O–H groups in total. The molecule has 0 radical (unpaired) electrons. The lowest BCUT2D eigenvalue weighted by Gasteiger charge is -2.26. The number of hydrogen-bond donors (Lipinski definition) is 0. The summed E-state index contributed by atoms with van der Waals surface area (Å²) in [4.78, 5) is 11.0. The molecule has 0 aliphatic carbocycles. The minimum atomic E-state index is 0.363. The predicted octanol–water partition coefficient (Wildman–Crippen LogP) is 4.54. The van der Waals surface area contributed by atoms with E-state index >= 15 is 0 Å². The van der Waals surface area contributed by atoms with Crippen LogP contribution in [-0.2, 0) is 0 Å². The van der Waals surface area contributed by atoms with Crippen LogP contribution in [-0.4, -0.2) is 16.5 Å². The Morgan fingerprint density at radius 3 is 2.75 bits per heavy atom. The highest BCUT2D eigenvalue weighted by Gasteiger charge is 2.27. The normalized spacial score (nSPS) is 18.6. The molecule has 5 heteroatoms. The summed E-state index contributed by atoms with van der Waals surface area (Å²) in [6, 6.07) is 9.08. The molecule has 1 aromatic heterocycles. The van der Waals surface area contributed by atoms with Crippen molar-refractivity contribution in [3.05, 3.63) is 51.3 Å². The van der Waals surface area contributed by atoms with Gasteiger partial charge in [-0.3, -0.25) is 0 Å². The first-order chi connectivity index (χ1) is 9.65. The lowest BCUT2D eigenvalue weighted by molar-refractivity contribution is 0.709. The second kappa shape index (κ2) is 5.70. The number of rotatable bonds is 2. The Bertz CT molecular complexity index is 615. The van der Waals surface area contributed by atoms with E-state index in [9.17, 15) is 0 Å². The standard InChI is InChI=1S/C15H15BrClN3/c1-10-4-6-11(7-5-10)12-3-2-8-20(12)13-9-18-14(16)15(17)19-13/h4-7,9,12H,2-3,8H2,1H3/t12-/m0/s1. The Labute approximate surface area is 132 Å². The third-order valence-corrected chi connectivity index (χ3v) is 4.76. The molecule has 0 saturated carbocycles. The summed E-state index contributed by atoms with van der Waals surface area (Å²) in [7, 11) is 0. The molecule has 1 fully saturated rings. The fraction of sp³-hybridized carbons (Fsp3) is 0.333. The Morgan fingerprint density at radius 2 is 2.05 bits per heavy atom. The van der Waals surface area contributed by atoms with Gasteiger partial charge in [0, 0.05) is 6.54 Å². The van der Waals surface area contributed by atoms with Crippen molar-refractivity contribution in [1.29, 1.82) is 0 Å². The van der Waals surface area contributed by atoms with E-state index in [-0.39, 0.29) is 0 Å². The number of benzene rings is 1. The monoisotopic (exact) mass is 351 g/mol. The topological polar surface area (TPSA) is 29.0 Å². The van der Waals surface area contributed by atoms with Crippen LogP contribution in [0.2, 0.25) is 5.15 Å². The zero-order valence-electron chi connectivity index (χ0n) is 11.2. The van der Waals surface area contributed by atoms with Crippen LogP contribution >= 0.6 is 27.5 Å². The number of halogens is 2. The highest BCUT2D eigenvalue weighted by molar-refractivity contribution is 9.10. The summed E-state index contributed by atoms with van der Waals surface area (Å²) in [5, 5.41) is 0.414. The van der Waals surface area contributed by atoms with E-state index in [2.05, 4.69) is 62.0 Å². The van der Waals surface area contributed by atoms with Crippen LogP contribution in [0.15, 0.2) is 35.1 Å².